The zero-order valence-electron chi connectivity index (χ0n) is 20.3. The minimum absolute atomic E-state index is 0.166. The van der Waals surface area contributed by atoms with Crippen molar-refractivity contribution in [2.45, 2.75) is 13.8 Å². The number of aryl methyl sites for hydroxylation is 2. The summed E-state index contributed by atoms with van der Waals surface area (Å²) in [6.45, 7) is 8.50. The molecule has 1 saturated heterocycles. The van der Waals surface area contributed by atoms with Crippen LogP contribution in [-0.4, -0.2) is 76.5 Å². The van der Waals surface area contributed by atoms with Gasteiger partial charge in [0.2, 0.25) is 5.75 Å². The molecule has 4 rings (SSSR count). The molecule has 1 aromatic heterocycles. The van der Waals surface area contributed by atoms with Crippen LogP contribution in [-0.2, 0) is 4.74 Å². The summed E-state index contributed by atoms with van der Waals surface area (Å²) in [5.41, 5.74) is 3.70. The fourth-order valence-corrected chi connectivity index (χ4v) is 5.09. The Bertz CT molecular complexity index is 1150. The highest BCUT2D eigenvalue weighted by atomic mass is 32.1. The summed E-state index contributed by atoms with van der Waals surface area (Å²) >= 11 is 1.53. The number of rotatable bonds is 8. The van der Waals surface area contributed by atoms with Crippen molar-refractivity contribution >= 4 is 32.6 Å². The van der Waals surface area contributed by atoms with Crippen LogP contribution in [0.25, 0.3) is 10.2 Å². The van der Waals surface area contributed by atoms with Gasteiger partial charge in [-0.1, -0.05) is 17.4 Å². The molecule has 9 heteroatoms. The molecule has 2 heterocycles. The van der Waals surface area contributed by atoms with Gasteiger partial charge >= 0.3 is 0 Å². The number of carbonyl (C=O) groups is 1. The third-order valence-electron chi connectivity index (χ3n) is 6.20. The van der Waals surface area contributed by atoms with E-state index in [1.165, 1.54) is 16.9 Å². The van der Waals surface area contributed by atoms with Crippen molar-refractivity contribution in [3.63, 3.8) is 0 Å². The number of morpholine rings is 1. The van der Waals surface area contributed by atoms with Gasteiger partial charge in [0.05, 0.1) is 44.8 Å². The summed E-state index contributed by atoms with van der Waals surface area (Å²) in [6.07, 6.45) is 0. The first kappa shape index (κ1) is 24.3. The van der Waals surface area contributed by atoms with Crippen LogP contribution in [0.2, 0.25) is 0 Å². The summed E-state index contributed by atoms with van der Waals surface area (Å²) < 4.78 is 22.9. The number of aromatic nitrogens is 1. The number of thiazole rings is 1. The average molecular weight is 486 g/mol. The molecule has 8 nitrogen and oxygen atoms in total. The molecule has 0 atom stereocenters. The van der Waals surface area contributed by atoms with E-state index in [2.05, 4.69) is 30.9 Å². The van der Waals surface area contributed by atoms with Crippen molar-refractivity contribution in [1.29, 1.82) is 0 Å². The lowest BCUT2D eigenvalue weighted by Gasteiger charge is -2.29. The van der Waals surface area contributed by atoms with E-state index in [0.29, 0.717) is 47.7 Å². The summed E-state index contributed by atoms with van der Waals surface area (Å²) in [6, 6.07) is 7.55. The second-order valence-corrected chi connectivity index (χ2v) is 9.18. The highest BCUT2D eigenvalue weighted by Crippen LogP contribution is 2.39. The predicted octanol–water partition coefficient (Wildman–Crippen LogP) is 3.92. The zero-order valence-corrected chi connectivity index (χ0v) is 21.2. The maximum Gasteiger partial charge on any atom is 0.260 e. The smallest absolute Gasteiger partial charge is 0.260 e. The third-order valence-corrected chi connectivity index (χ3v) is 7.25. The number of fused-ring (bicyclic) bond motifs is 1. The van der Waals surface area contributed by atoms with Gasteiger partial charge in [0, 0.05) is 31.7 Å². The highest BCUT2D eigenvalue weighted by molar-refractivity contribution is 7.22. The third kappa shape index (κ3) is 4.82. The van der Waals surface area contributed by atoms with Crippen LogP contribution in [0, 0.1) is 13.8 Å². The number of hydrogen-bond acceptors (Lipinski definition) is 8. The molecule has 1 aliphatic rings. The second kappa shape index (κ2) is 10.6. The SMILES string of the molecule is COc1cc(C(=O)N(CCN2CCOCC2)c2nc3c(C)c(C)ccc3s2)cc(OC)c1OC. The van der Waals surface area contributed by atoms with Gasteiger partial charge in [0.1, 0.15) is 0 Å². The molecule has 0 aliphatic carbocycles. The molecule has 1 aliphatic heterocycles. The number of amides is 1. The van der Waals surface area contributed by atoms with Crippen molar-refractivity contribution in [1.82, 2.24) is 9.88 Å². The van der Waals surface area contributed by atoms with Gasteiger partial charge in [-0.15, -0.1) is 0 Å². The molecule has 1 amide bonds. The number of benzene rings is 2. The number of anilines is 1. The topological polar surface area (TPSA) is 73.4 Å². The Morgan fingerprint density at radius 3 is 2.38 bits per heavy atom. The molecule has 0 unspecified atom stereocenters. The summed E-state index contributed by atoms with van der Waals surface area (Å²) in [7, 11) is 4.63. The normalized spacial score (nSPS) is 14.3. The Hall–Kier alpha value is -2.88. The van der Waals surface area contributed by atoms with Crippen LogP contribution in [0.4, 0.5) is 5.13 Å². The van der Waals surface area contributed by atoms with Crippen molar-refractivity contribution in [3.8, 4) is 17.2 Å². The average Bonchev–Trinajstić information content (AvgIpc) is 3.30. The molecular formula is C25H31N3O5S. The molecule has 182 valence electrons. The van der Waals surface area contributed by atoms with Gasteiger partial charge in [-0.05, 0) is 43.2 Å². The van der Waals surface area contributed by atoms with Gasteiger partial charge in [-0.25, -0.2) is 4.98 Å². The van der Waals surface area contributed by atoms with E-state index in [9.17, 15) is 4.79 Å². The molecule has 0 bridgehead atoms. The molecule has 34 heavy (non-hydrogen) atoms. The van der Waals surface area contributed by atoms with Crippen molar-refractivity contribution in [2.75, 3.05) is 65.6 Å². The number of ether oxygens (including phenoxy) is 4. The van der Waals surface area contributed by atoms with Crippen LogP contribution in [0.15, 0.2) is 24.3 Å². The van der Waals surface area contributed by atoms with Crippen LogP contribution in [0.3, 0.4) is 0 Å². The Balaban J connectivity index is 1.73. The van der Waals surface area contributed by atoms with Crippen LogP contribution < -0.4 is 19.1 Å². The Kier molecular flexibility index (Phi) is 7.55. The lowest BCUT2D eigenvalue weighted by Crippen LogP contribution is -2.43. The molecule has 1 fully saturated rings. The monoisotopic (exact) mass is 485 g/mol. The molecular weight excluding hydrogens is 454 g/mol. The first-order chi connectivity index (χ1) is 16.5. The van der Waals surface area contributed by atoms with E-state index in [1.54, 1.807) is 38.4 Å². The molecule has 0 spiro atoms. The molecule has 3 aromatic rings. The van der Waals surface area contributed by atoms with Gasteiger partial charge in [-0.2, -0.15) is 0 Å². The van der Waals surface area contributed by atoms with E-state index in [-0.39, 0.29) is 5.91 Å². The minimum Gasteiger partial charge on any atom is -0.493 e. The lowest BCUT2D eigenvalue weighted by molar-refractivity contribution is 0.0391. The number of carbonyl (C=O) groups excluding carboxylic acids is 1. The maximum absolute atomic E-state index is 13.9. The van der Waals surface area contributed by atoms with Crippen LogP contribution >= 0.6 is 11.3 Å². The van der Waals surface area contributed by atoms with Crippen LogP contribution in [0.5, 0.6) is 17.2 Å². The molecule has 0 saturated carbocycles. The van der Waals surface area contributed by atoms with Crippen molar-refractivity contribution < 1.29 is 23.7 Å². The first-order valence-electron chi connectivity index (χ1n) is 11.3. The second-order valence-electron chi connectivity index (χ2n) is 8.18. The van der Waals surface area contributed by atoms with E-state index in [0.717, 1.165) is 35.4 Å². The Morgan fingerprint density at radius 2 is 1.76 bits per heavy atom. The fraction of sp³-hybridized carbons (Fsp3) is 0.440. The van der Waals surface area contributed by atoms with Crippen molar-refractivity contribution in [2.24, 2.45) is 0 Å². The van der Waals surface area contributed by atoms with Gasteiger partial charge in [0.15, 0.2) is 16.6 Å². The van der Waals surface area contributed by atoms with E-state index in [1.807, 2.05) is 0 Å². The van der Waals surface area contributed by atoms with E-state index >= 15 is 0 Å². The Morgan fingerprint density at radius 1 is 1.09 bits per heavy atom. The molecule has 2 aromatic carbocycles. The highest BCUT2D eigenvalue weighted by Gasteiger charge is 2.26. The molecule has 0 radical (unpaired) electrons. The Labute approximate surface area is 204 Å². The predicted molar refractivity (Wildman–Crippen MR) is 134 cm³/mol. The van der Waals surface area contributed by atoms with Crippen molar-refractivity contribution in [3.05, 3.63) is 41.0 Å². The number of hydrogen-bond donors (Lipinski definition) is 0. The quantitative estimate of drug-likeness (QED) is 0.479. The zero-order chi connectivity index (χ0) is 24.2. The van der Waals surface area contributed by atoms with Gasteiger partial charge in [-0.3, -0.25) is 14.6 Å². The van der Waals surface area contributed by atoms with E-state index in [4.69, 9.17) is 23.9 Å². The summed E-state index contributed by atoms with van der Waals surface area (Å²) in [5, 5.41) is 0.677. The maximum atomic E-state index is 13.9. The number of nitrogens with zero attached hydrogens (tertiary/aromatic N) is 3. The molecule has 0 N–H and O–H groups in total. The first-order valence-corrected chi connectivity index (χ1v) is 12.1. The minimum atomic E-state index is -0.166. The number of methoxy groups -OCH3 is 3. The lowest BCUT2D eigenvalue weighted by atomic mass is 10.1. The summed E-state index contributed by atoms with van der Waals surface area (Å²) in [4.78, 5) is 22.8. The standard InChI is InChI=1S/C25H31N3O5S/c1-16-6-7-21-22(17(16)2)26-25(34-21)28(9-8-27-10-12-33-13-11-27)24(29)18-14-19(30-3)23(32-5)20(15-18)31-4/h6-7,14-15H,8-13H2,1-5H3. The van der Waals surface area contributed by atoms with Gasteiger partial charge in [0.25, 0.3) is 5.91 Å². The largest absolute Gasteiger partial charge is 0.493 e. The fourth-order valence-electron chi connectivity index (χ4n) is 4.04. The van der Waals surface area contributed by atoms with Crippen LogP contribution in [0.1, 0.15) is 21.5 Å². The van der Waals surface area contributed by atoms with Gasteiger partial charge < -0.3 is 18.9 Å². The van der Waals surface area contributed by atoms with E-state index < -0.39 is 0 Å². The summed E-state index contributed by atoms with van der Waals surface area (Å²) in [5.74, 6) is 1.16.